The van der Waals surface area contributed by atoms with Gasteiger partial charge in [0.15, 0.2) is 11.5 Å². The Hall–Kier alpha value is -2.74. The van der Waals surface area contributed by atoms with Gasteiger partial charge < -0.3 is 29.0 Å². The maximum atomic E-state index is 14.0. The molecule has 2 fully saturated rings. The van der Waals surface area contributed by atoms with Gasteiger partial charge in [0.2, 0.25) is 11.7 Å². The number of methoxy groups -OCH3 is 2. The van der Waals surface area contributed by atoms with Gasteiger partial charge in [-0.25, -0.2) is 4.79 Å². The first-order valence-electron chi connectivity index (χ1n) is 12.6. The number of piperidine rings is 1. The standard InChI is InChI=1S/C27H39NO7/c1-4-14-34-15-16-35-23-18-20(17-22(32-2)25(23)33-3)24(19-10-6-5-7-11-19)26(29)28-13-9-8-12-21(28)27(30)31/h4,17-19,21,24H,1,5-16H2,2-3H3,(H,30,31)/t21-,24-/m0/s1. The first-order chi connectivity index (χ1) is 17.0. The lowest BCUT2D eigenvalue weighted by Crippen LogP contribution is -2.50. The molecule has 1 aromatic rings. The first kappa shape index (κ1) is 26.9. The Morgan fingerprint density at radius 1 is 1.06 bits per heavy atom. The number of aliphatic carboxylic acids is 1. The zero-order valence-electron chi connectivity index (χ0n) is 21.0. The fourth-order valence-corrected chi connectivity index (χ4v) is 5.33. The molecule has 3 rings (SSSR count). The maximum Gasteiger partial charge on any atom is 0.326 e. The molecule has 0 unspecified atom stereocenters. The van der Waals surface area contributed by atoms with E-state index in [2.05, 4.69) is 6.58 Å². The number of carbonyl (C=O) groups is 2. The molecule has 0 radical (unpaired) electrons. The van der Waals surface area contributed by atoms with Crippen LogP contribution in [0.5, 0.6) is 17.2 Å². The summed E-state index contributed by atoms with van der Waals surface area (Å²) in [7, 11) is 3.11. The lowest BCUT2D eigenvalue weighted by Gasteiger charge is -2.39. The van der Waals surface area contributed by atoms with Crippen molar-refractivity contribution in [2.24, 2.45) is 5.92 Å². The molecule has 1 aromatic carbocycles. The number of carbonyl (C=O) groups excluding carboxylic acids is 1. The second kappa shape index (κ2) is 13.4. The molecule has 1 aliphatic heterocycles. The maximum absolute atomic E-state index is 14.0. The molecule has 1 heterocycles. The summed E-state index contributed by atoms with van der Waals surface area (Å²) in [6.07, 6.45) is 8.95. The van der Waals surface area contributed by atoms with Crippen molar-refractivity contribution in [2.45, 2.75) is 63.3 Å². The highest BCUT2D eigenvalue weighted by Gasteiger charge is 2.40. The van der Waals surface area contributed by atoms with E-state index in [1.165, 1.54) is 0 Å². The zero-order valence-corrected chi connectivity index (χ0v) is 21.0. The van der Waals surface area contributed by atoms with Crippen molar-refractivity contribution >= 4 is 11.9 Å². The first-order valence-corrected chi connectivity index (χ1v) is 12.6. The number of hydrogen-bond acceptors (Lipinski definition) is 6. The Labute approximate surface area is 208 Å². The van der Waals surface area contributed by atoms with Crippen molar-refractivity contribution in [1.82, 2.24) is 4.90 Å². The molecule has 0 bridgehead atoms. The Morgan fingerprint density at radius 2 is 1.77 bits per heavy atom. The van der Waals surface area contributed by atoms with E-state index in [4.69, 9.17) is 18.9 Å². The van der Waals surface area contributed by atoms with Crippen LogP contribution in [-0.4, -0.2) is 68.5 Å². The average Bonchev–Trinajstić information content (AvgIpc) is 2.88. The monoisotopic (exact) mass is 489 g/mol. The van der Waals surface area contributed by atoms with Crippen LogP contribution in [0.3, 0.4) is 0 Å². The number of hydrogen-bond donors (Lipinski definition) is 1. The van der Waals surface area contributed by atoms with Gasteiger partial charge in [-0.2, -0.15) is 0 Å². The van der Waals surface area contributed by atoms with Crippen molar-refractivity contribution in [1.29, 1.82) is 0 Å². The summed E-state index contributed by atoms with van der Waals surface area (Å²) < 4.78 is 22.6. The highest BCUT2D eigenvalue weighted by atomic mass is 16.5. The summed E-state index contributed by atoms with van der Waals surface area (Å²) in [5.74, 6) is 0.0352. The molecule has 194 valence electrons. The number of ether oxygens (including phenoxy) is 4. The van der Waals surface area contributed by atoms with Crippen LogP contribution in [0.1, 0.15) is 62.8 Å². The lowest BCUT2D eigenvalue weighted by atomic mass is 9.75. The summed E-state index contributed by atoms with van der Waals surface area (Å²) in [4.78, 5) is 27.6. The number of amides is 1. The quantitative estimate of drug-likeness (QED) is 0.343. The predicted molar refractivity (Wildman–Crippen MR) is 132 cm³/mol. The predicted octanol–water partition coefficient (Wildman–Crippen LogP) is 4.41. The number of likely N-dealkylation sites (tertiary alicyclic amines) is 1. The molecule has 1 amide bonds. The molecular formula is C27H39NO7. The van der Waals surface area contributed by atoms with Crippen molar-refractivity contribution in [2.75, 3.05) is 40.6 Å². The molecule has 35 heavy (non-hydrogen) atoms. The second-order valence-corrected chi connectivity index (χ2v) is 9.22. The van der Waals surface area contributed by atoms with E-state index >= 15 is 0 Å². The Morgan fingerprint density at radius 3 is 2.43 bits per heavy atom. The third-order valence-electron chi connectivity index (χ3n) is 7.01. The van der Waals surface area contributed by atoms with E-state index in [0.29, 0.717) is 50.0 Å². The Kier molecular flexibility index (Phi) is 10.3. The van der Waals surface area contributed by atoms with Gasteiger partial charge in [-0.1, -0.05) is 25.3 Å². The van der Waals surface area contributed by atoms with Crippen molar-refractivity contribution in [3.05, 3.63) is 30.4 Å². The second-order valence-electron chi connectivity index (χ2n) is 9.22. The number of benzene rings is 1. The van der Waals surface area contributed by atoms with Crippen LogP contribution in [0.15, 0.2) is 24.8 Å². The molecular weight excluding hydrogens is 450 g/mol. The minimum absolute atomic E-state index is 0.114. The van der Waals surface area contributed by atoms with E-state index in [1.807, 2.05) is 12.1 Å². The third kappa shape index (κ3) is 6.69. The molecule has 2 aliphatic rings. The molecule has 1 N–H and O–H groups in total. The van der Waals surface area contributed by atoms with Gasteiger partial charge in [-0.05, 0) is 55.7 Å². The molecule has 1 saturated heterocycles. The minimum Gasteiger partial charge on any atom is -0.493 e. The van der Waals surface area contributed by atoms with Gasteiger partial charge in [-0.3, -0.25) is 4.79 Å². The molecule has 1 aliphatic carbocycles. The highest BCUT2D eigenvalue weighted by molar-refractivity contribution is 5.89. The summed E-state index contributed by atoms with van der Waals surface area (Å²) in [6.45, 7) is 5.21. The SMILES string of the molecule is C=CCOCCOc1cc([C@@H](C(=O)N2CCCC[C@H]2C(=O)O)C2CCCCC2)cc(OC)c1OC. The van der Waals surface area contributed by atoms with Gasteiger partial charge in [-0.15, -0.1) is 6.58 Å². The highest BCUT2D eigenvalue weighted by Crippen LogP contribution is 2.45. The molecule has 2 atom stereocenters. The largest absolute Gasteiger partial charge is 0.493 e. The molecule has 0 aromatic heterocycles. The summed E-state index contributed by atoms with van der Waals surface area (Å²) in [5, 5.41) is 9.81. The molecule has 8 heteroatoms. The van der Waals surface area contributed by atoms with Gasteiger partial charge in [0, 0.05) is 6.54 Å². The van der Waals surface area contributed by atoms with Crippen LogP contribution in [0.2, 0.25) is 0 Å². The zero-order chi connectivity index (χ0) is 25.2. The van der Waals surface area contributed by atoms with E-state index < -0.39 is 17.9 Å². The fourth-order valence-electron chi connectivity index (χ4n) is 5.33. The van der Waals surface area contributed by atoms with Crippen molar-refractivity contribution < 1.29 is 33.6 Å². The summed E-state index contributed by atoms with van der Waals surface area (Å²) in [5.41, 5.74) is 0.774. The van der Waals surface area contributed by atoms with Crippen LogP contribution < -0.4 is 14.2 Å². The van der Waals surface area contributed by atoms with Gasteiger partial charge in [0.1, 0.15) is 12.6 Å². The number of rotatable bonds is 12. The van der Waals surface area contributed by atoms with Crippen LogP contribution in [0, 0.1) is 5.92 Å². The van der Waals surface area contributed by atoms with Crippen LogP contribution in [-0.2, 0) is 14.3 Å². The Balaban J connectivity index is 1.98. The van der Waals surface area contributed by atoms with Gasteiger partial charge in [0.25, 0.3) is 0 Å². The smallest absolute Gasteiger partial charge is 0.326 e. The number of carboxylic acids is 1. The average molecular weight is 490 g/mol. The van der Waals surface area contributed by atoms with E-state index in [0.717, 1.165) is 50.5 Å². The van der Waals surface area contributed by atoms with E-state index in [-0.39, 0.29) is 11.8 Å². The normalized spacial score (nSPS) is 19.6. The minimum atomic E-state index is -0.934. The molecule has 0 spiro atoms. The van der Waals surface area contributed by atoms with Crippen LogP contribution in [0.25, 0.3) is 0 Å². The molecule has 1 saturated carbocycles. The van der Waals surface area contributed by atoms with Crippen molar-refractivity contribution in [3.63, 3.8) is 0 Å². The lowest BCUT2D eigenvalue weighted by molar-refractivity contribution is -0.153. The van der Waals surface area contributed by atoms with Crippen LogP contribution in [0.4, 0.5) is 0 Å². The molecule has 8 nitrogen and oxygen atoms in total. The van der Waals surface area contributed by atoms with E-state index in [9.17, 15) is 14.7 Å². The van der Waals surface area contributed by atoms with Crippen LogP contribution >= 0.6 is 0 Å². The summed E-state index contributed by atoms with van der Waals surface area (Å²) >= 11 is 0. The topological polar surface area (TPSA) is 94.5 Å². The number of nitrogens with zero attached hydrogens (tertiary/aromatic N) is 1. The number of carboxylic acid groups (broad SMARTS) is 1. The van der Waals surface area contributed by atoms with Crippen molar-refractivity contribution in [3.8, 4) is 17.2 Å². The summed E-state index contributed by atoms with van der Waals surface area (Å²) in [6, 6.07) is 2.92. The van der Waals surface area contributed by atoms with E-state index in [1.54, 1.807) is 25.2 Å². The van der Waals surface area contributed by atoms with Gasteiger partial charge in [0.05, 0.1) is 33.4 Å². The fraction of sp³-hybridized carbons (Fsp3) is 0.630. The van der Waals surface area contributed by atoms with Gasteiger partial charge >= 0.3 is 5.97 Å². The Bertz CT molecular complexity index is 865. The third-order valence-corrected chi connectivity index (χ3v) is 7.01.